The van der Waals surface area contributed by atoms with E-state index in [9.17, 15) is 0 Å². The highest BCUT2D eigenvalue weighted by Gasteiger charge is 2.26. The molecule has 1 aromatic rings. The third kappa shape index (κ3) is 5.15. The zero-order chi connectivity index (χ0) is 18.4. The summed E-state index contributed by atoms with van der Waals surface area (Å²) in [5, 5.41) is 9.09. The molecule has 0 saturated carbocycles. The van der Waals surface area contributed by atoms with Gasteiger partial charge in [-0.15, -0.1) is 10.2 Å². The van der Waals surface area contributed by atoms with Gasteiger partial charge in [-0.3, -0.25) is 4.90 Å². The largest absolute Gasteiger partial charge is 0.379 e. The van der Waals surface area contributed by atoms with E-state index in [2.05, 4.69) is 51.5 Å². The molecule has 0 radical (unpaired) electrons. The van der Waals surface area contributed by atoms with Gasteiger partial charge in [0.15, 0.2) is 0 Å². The van der Waals surface area contributed by atoms with Gasteiger partial charge in [-0.1, -0.05) is 18.6 Å². The number of nitrogens with zero attached hydrogens (tertiary/aromatic N) is 5. The van der Waals surface area contributed by atoms with Crippen LogP contribution < -0.4 is 0 Å². The Morgan fingerprint density at radius 3 is 2.77 bits per heavy atom. The summed E-state index contributed by atoms with van der Waals surface area (Å²) in [7, 11) is 2.14. The molecular formula is C20H35N5O. The number of allylic oxidation sites excluding steroid dienone is 1. The fourth-order valence-corrected chi connectivity index (χ4v) is 3.94. The normalized spacial score (nSPS) is 23.5. The summed E-state index contributed by atoms with van der Waals surface area (Å²) >= 11 is 0. The Kier molecular flexibility index (Phi) is 7.23. The van der Waals surface area contributed by atoms with Crippen molar-refractivity contribution in [2.24, 2.45) is 7.05 Å². The molecule has 1 aromatic heterocycles. The number of aromatic nitrogens is 3. The lowest BCUT2D eigenvalue weighted by molar-refractivity contribution is 0.0326. The van der Waals surface area contributed by atoms with Crippen molar-refractivity contribution in [3.05, 3.63) is 23.3 Å². The van der Waals surface area contributed by atoms with E-state index in [0.29, 0.717) is 5.92 Å². The zero-order valence-corrected chi connectivity index (χ0v) is 16.8. The fourth-order valence-electron chi connectivity index (χ4n) is 3.94. The molecular weight excluding hydrogens is 326 g/mol. The van der Waals surface area contributed by atoms with Crippen molar-refractivity contribution in [3.63, 3.8) is 0 Å². The van der Waals surface area contributed by atoms with E-state index < -0.39 is 0 Å². The first kappa shape index (κ1) is 19.5. The van der Waals surface area contributed by atoms with Gasteiger partial charge in [0.25, 0.3) is 0 Å². The van der Waals surface area contributed by atoms with Crippen molar-refractivity contribution < 1.29 is 4.74 Å². The predicted octanol–water partition coefficient (Wildman–Crippen LogP) is 2.57. The molecule has 6 nitrogen and oxygen atoms in total. The van der Waals surface area contributed by atoms with Gasteiger partial charge in [0.1, 0.15) is 11.6 Å². The van der Waals surface area contributed by atoms with Crippen molar-refractivity contribution in [1.29, 1.82) is 0 Å². The second kappa shape index (κ2) is 9.62. The van der Waals surface area contributed by atoms with Crippen molar-refractivity contribution in [2.75, 3.05) is 45.9 Å². The van der Waals surface area contributed by atoms with E-state index in [4.69, 9.17) is 4.74 Å². The number of rotatable bonds is 7. The predicted molar refractivity (Wildman–Crippen MR) is 104 cm³/mol. The van der Waals surface area contributed by atoms with Crippen molar-refractivity contribution in [3.8, 4) is 0 Å². The summed E-state index contributed by atoms with van der Waals surface area (Å²) in [4.78, 5) is 5.01. The molecule has 0 amide bonds. The van der Waals surface area contributed by atoms with Crippen LogP contribution in [-0.2, 0) is 18.3 Å². The van der Waals surface area contributed by atoms with Gasteiger partial charge >= 0.3 is 0 Å². The van der Waals surface area contributed by atoms with Crippen LogP contribution in [0.4, 0.5) is 0 Å². The maximum Gasteiger partial charge on any atom is 0.146 e. The number of hydrogen-bond donors (Lipinski definition) is 0. The Morgan fingerprint density at radius 1 is 1.19 bits per heavy atom. The second-order valence-electron chi connectivity index (χ2n) is 7.75. The first-order valence-corrected chi connectivity index (χ1v) is 10.2. The minimum atomic E-state index is 0.510. The first-order valence-electron chi connectivity index (χ1n) is 10.2. The average molecular weight is 362 g/mol. The summed E-state index contributed by atoms with van der Waals surface area (Å²) < 4.78 is 7.68. The van der Waals surface area contributed by atoms with Gasteiger partial charge in [0.2, 0.25) is 0 Å². The van der Waals surface area contributed by atoms with Crippen LogP contribution in [0.5, 0.6) is 0 Å². The van der Waals surface area contributed by atoms with Crippen LogP contribution in [-0.4, -0.2) is 70.5 Å². The Labute approximate surface area is 158 Å². The molecule has 1 atom stereocenters. The van der Waals surface area contributed by atoms with Crippen LogP contribution in [0.2, 0.25) is 0 Å². The summed E-state index contributed by atoms with van der Waals surface area (Å²) in [5.74, 6) is 2.76. The van der Waals surface area contributed by atoms with E-state index in [1.165, 1.54) is 30.8 Å². The maximum atomic E-state index is 5.44. The van der Waals surface area contributed by atoms with Gasteiger partial charge in [-0.2, -0.15) is 0 Å². The van der Waals surface area contributed by atoms with E-state index in [-0.39, 0.29) is 0 Å². The molecule has 0 unspecified atom stereocenters. The number of piperidine rings is 1. The van der Waals surface area contributed by atoms with Gasteiger partial charge in [-0.25, -0.2) is 0 Å². The summed E-state index contributed by atoms with van der Waals surface area (Å²) in [6.45, 7) is 12.5. The van der Waals surface area contributed by atoms with Crippen LogP contribution in [0.25, 0.3) is 0 Å². The number of likely N-dealkylation sites (tertiary alicyclic amines) is 1. The van der Waals surface area contributed by atoms with Crippen LogP contribution >= 0.6 is 0 Å². The highest BCUT2D eigenvalue weighted by atomic mass is 16.5. The summed E-state index contributed by atoms with van der Waals surface area (Å²) in [5.41, 5.74) is 1.50. The Morgan fingerprint density at radius 2 is 2.00 bits per heavy atom. The molecule has 26 heavy (non-hydrogen) atoms. The molecule has 0 aromatic carbocycles. The maximum absolute atomic E-state index is 5.44. The van der Waals surface area contributed by atoms with Crippen molar-refractivity contribution in [1.82, 2.24) is 24.6 Å². The van der Waals surface area contributed by atoms with Crippen molar-refractivity contribution in [2.45, 2.75) is 52.0 Å². The second-order valence-corrected chi connectivity index (χ2v) is 7.75. The van der Waals surface area contributed by atoms with E-state index in [1.807, 2.05) is 0 Å². The van der Waals surface area contributed by atoms with E-state index in [1.54, 1.807) is 0 Å². The Bertz CT molecular complexity index is 591. The van der Waals surface area contributed by atoms with Crippen LogP contribution in [0, 0.1) is 0 Å². The standard InChI is InChI=1S/C20H35N5O/c1-4-17(2)7-5-9-24-10-6-8-18(15-24)20-22-21-19(23(20)3)16-25-11-13-26-14-12-25/h7,18H,4-6,8-16H2,1-3H3/b17-7+/t18-/m0/s1. The molecule has 0 bridgehead atoms. The van der Waals surface area contributed by atoms with Crippen LogP contribution in [0.1, 0.15) is 57.1 Å². The SMILES string of the molecule is CC/C(C)=C/CCN1CCC[C@H](c2nnc(CN3CCOCC3)n2C)C1. The lowest BCUT2D eigenvalue weighted by Gasteiger charge is -2.32. The number of morpholine rings is 1. The number of ether oxygens (including phenoxy) is 1. The quantitative estimate of drug-likeness (QED) is 0.699. The molecule has 0 aliphatic carbocycles. The molecule has 0 N–H and O–H groups in total. The molecule has 2 aliphatic heterocycles. The van der Waals surface area contributed by atoms with Gasteiger partial charge in [-0.05, 0) is 39.2 Å². The Balaban J connectivity index is 1.56. The molecule has 3 heterocycles. The lowest BCUT2D eigenvalue weighted by Crippen LogP contribution is -2.37. The summed E-state index contributed by atoms with van der Waals surface area (Å²) in [6, 6.07) is 0. The molecule has 2 fully saturated rings. The lowest BCUT2D eigenvalue weighted by atomic mass is 9.97. The third-order valence-electron chi connectivity index (χ3n) is 5.83. The smallest absolute Gasteiger partial charge is 0.146 e. The summed E-state index contributed by atoms with van der Waals surface area (Å²) in [6.07, 6.45) is 7.20. The highest BCUT2D eigenvalue weighted by molar-refractivity contribution is 5.04. The van der Waals surface area contributed by atoms with Crippen LogP contribution in [0.15, 0.2) is 11.6 Å². The number of hydrogen-bond acceptors (Lipinski definition) is 5. The van der Waals surface area contributed by atoms with Crippen molar-refractivity contribution >= 4 is 0 Å². The topological polar surface area (TPSA) is 46.4 Å². The van der Waals surface area contributed by atoms with Gasteiger partial charge < -0.3 is 14.2 Å². The van der Waals surface area contributed by atoms with E-state index >= 15 is 0 Å². The van der Waals surface area contributed by atoms with Gasteiger partial charge in [0.05, 0.1) is 19.8 Å². The minimum Gasteiger partial charge on any atom is -0.379 e. The highest BCUT2D eigenvalue weighted by Crippen LogP contribution is 2.26. The molecule has 6 heteroatoms. The molecule has 3 rings (SSSR count). The average Bonchev–Trinajstić information content (AvgIpc) is 3.03. The van der Waals surface area contributed by atoms with Crippen LogP contribution in [0.3, 0.4) is 0 Å². The fraction of sp³-hybridized carbons (Fsp3) is 0.800. The molecule has 2 saturated heterocycles. The molecule has 146 valence electrons. The first-order chi connectivity index (χ1) is 12.7. The van der Waals surface area contributed by atoms with E-state index in [0.717, 1.165) is 64.6 Å². The van der Waals surface area contributed by atoms with Gasteiger partial charge in [0, 0.05) is 39.1 Å². The third-order valence-corrected chi connectivity index (χ3v) is 5.83. The molecule has 2 aliphatic rings. The zero-order valence-electron chi connectivity index (χ0n) is 16.8. The minimum absolute atomic E-state index is 0.510. The monoisotopic (exact) mass is 361 g/mol. The molecule has 0 spiro atoms. The Hall–Kier alpha value is -1.24.